The number of nitrogens with zero attached hydrogens (tertiary/aromatic N) is 1. The van der Waals surface area contributed by atoms with E-state index in [1.165, 1.54) is 23.6 Å². The fraction of sp³-hybridized carbons (Fsp3) is 0.692. The van der Waals surface area contributed by atoms with Gasteiger partial charge in [-0.25, -0.2) is 4.79 Å². The molecule has 0 aromatic carbocycles. The van der Waals surface area contributed by atoms with E-state index in [0.29, 0.717) is 23.6 Å². The monoisotopic (exact) mass is 316 g/mol. The van der Waals surface area contributed by atoms with Crippen molar-refractivity contribution < 1.29 is 24.9 Å². The molecular weight excluding hydrogens is 296 g/mol. The van der Waals surface area contributed by atoms with Crippen LogP contribution in [0.15, 0.2) is 10.6 Å². The number of fused-ring (bicyclic) bond motifs is 1. The van der Waals surface area contributed by atoms with Gasteiger partial charge in [0.25, 0.3) is 0 Å². The highest BCUT2D eigenvalue weighted by Crippen LogP contribution is 2.51. The van der Waals surface area contributed by atoms with Crippen molar-refractivity contribution in [2.75, 3.05) is 18.9 Å². The number of carboxylic acid groups (broad SMARTS) is 1. The second kappa shape index (κ2) is 6.35. The molecule has 0 aliphatic carbocycles. The summed E-state index contributed by atoms with van der Waals surface area (Å²) in [7, 11) is 0. The Morgan fingerprint density at radius 3 is 2.67 bits per heavy atom. The van der Waals surface area contributed by atoms with Gasteiger partial charge >= 0.3 is 5.97 Å². The molecule has 2 rings (SSSR count). The van der Waals surface area contributed by atoms with Crippen molar-refractivity contribution in [3.63, 3.8) is 0 Å². The number of hydrogen-bond donors (Lipinski definition) is 4. The molecule has 21 heavy (non-hydrogen) atoms. The molecule has 0 aromatic heterocycles. The molecule has 1 fully saturated rings. The molecule has 1 saturated heterocycles. The Labute approximate surface area is 126 Å². The van der Waals surface area contributed by atoms with Crippen molar-refractivity contribution in [2.24, 2.45) is 17.6 Å². The van der Waals surface area contributed by atoms with Crippen molar-refractivity contribution in [3.05, 3.63) is 10.6 Å². The van der Waals surface area contributed by atoms with Crippen LogP contribution in [-0.4, -0.2) is 63.1 Å². The van der Waals surface area contributed by atoms with Crippen molar-refractivity contribution in [2.45, 2.75) is 25.5 Å². The van der Waals surface area contributed by atoms with Crippen LogP contribution in [-0.2, 0) is 9.59 Å². The van der Waals surface area contributed by atoms with Crippen LogP contribution in [0.5, 0.6) is 0 Å². The van der Waals surface area contributed by atoms with E-state index in [4.69, 9.17) is 5.73 Å². The molecule has 0 bridgehead atoms. The minimum Gasteiger partial charge on any atom is -0.477 e. The van der Waals surface area contributed by atoms with Gasteiger partial charge in [-0.2, -0.15) is 0 Å². The van der Waals surface area contributed by atoms with Crippen LogP contribution in [0.25, 0.3) is 0 Å². The van der Waals surface area contributed by atoms with E-state index < -0.39 is 18.0 Å². The minimum absolute atomic E-state index is 0.0150. The highest BCUT2D eigenvalue weighted by Gasteiger charge is 2.60. The molecule has 0 aromatic rings. The predicted molar refractivity (Wildman–Crippen MR) is 77.2 cm³/mol. The summed E-state index contributed by atoms with van der Waals surface area (Å²) in [4.78, 5) is 25.5. The number of amides is 1. The molecular formula is C13H20N2O5S. The number of carbonyl (C=O) groups is 2. The van der Waals surface area contributed by atoms with Gasteiger partial charge in [-0.05, 0) is 13.3 Å². The summed E-state index contributed by atoms with van der Waals surface area (Å²) in [5, 5.41) is 28.4. The average Bonchev–Trinajstić information content (AvgIpc) is 2.67. The highest BCUT2D eigenvalue weighted by molar-refractivity contribution is 8.03. The topological polar surface area (TPSA) is 124 Å². The number of β-lactam (4-membered cyclic amide) rings is 1. The van der Waals surface area contributed by atoms with Crippen molar-refractivity contribution in [3.8, 4) is 0 Å². The summed E-state index contributed by atoms with van der Waals surface area (Å²) in [5.41, 5.74) is 5.46. The average molecular weight is 316 g/mol. The van der Waals surface area contributed by atoms with Crippen molar-refractivity contribution >= 4 is 23.6 Å². The van der Waals surface area contributed by atoms with Crippen molar-refractivity contribution in [1.82, 2.24) is 4.90 Å². The first-order valence-electron chi connectivity index (χ1n) is 6.88. The molecule has 0 spiro atoms. The molecule has 2 aliphatic heterocycles. The third-order valence-electron chi connectivity index (χ3n) is 3.95. The number of carbonyl (C=O) groups excluding carboxylic acids is 1. The Morgan fingerprint density at radius 2 is 2.19 bits per heavy atom. The number of carboxylic acids is 1. The van der Waals surface area contributed by atoms with E-state index in [9.17, 15) is 24.9 Å². The van der Waals surface area contributed by atoms with Crippen LogP contribution in [0.3, 0.4) is 0 Å². The molecule has 0 unspecified atom stereocenters. The normalized spacial score (nSPS) is 29.4. The van der Waals surface area contributed by atoms with E-state index in [-0.39, 0.29) is 30.2 Å². The molecule has 8 heteroatoms. The lowest BCUT2D eigenvalue weighted by atomic mass is 9.77. The van der Waals surface area contributed by atoms with Crippen LogP contribution in [0, 0.1) is 11.8 Å². The second-order valence-electron chi connectivity index (χ2n) is 5.24. The highest BCUT2D eigenvalue weighted by atomic mass is 32.2. The standard InChI is InChI=1S/C13H20N2O5S/c1-6(17)8-9-7(2-4-16)11(21-5-3-14)10(13(19)20)15(9)12(8)18/h6-9,16-17H,2-5,14H2,1H3,(H,19,20)/t6-,7-,8-,9-/m1/s1. The zero-order valence-corrected chi connectivity index (χ0v) is 12.5. The first-order chi connectivity index (χ1) is 9.95. The lowest BCUT2D eigenvalue weighted by Crippen LogP contribution is -2.64. The van der Waals surface area contributed by atoms with Gasteiger partial charge in [0.1, 0.15) is 5.70 Å². The van der Waals surface area contributed by atoms with Gasteiger partial charge in [0.05, 0.1) is 18.1 Å². The summed E-state index contributed by atoms with van der Waals surface area (Å²) in [6.07, 6.45) is -0.477. The summed E-state index contributed by atoms with van der Waals surface area (Å²) in [6, 6.07) is -0.379. The van der Waals surface area contributed by atoms with Crippen LogP contribution >= 0.6 is 11.8 Å². The van der Waals surface area contributed by atoms with Gasteiger partial charge in [0, 0.05) is 29.7 Å². The van der Waals surface area contributed by atoms with E-state index in [0.717, 1.165) is 0 Å². The summed E-state index contributed by atoms with van der Waals surface area (Å²) in [6.45, 7) is 1.82. The number of hydrogen-bond acceptors (Lipinski definition) is 6. The maximum absolute atomic E-state index is 12.1. The van der Waals surface area contributed by atoms with Gasteiger partial charge in [-0.15, -0.1) is 11.8 Å². The number of aliphatic hydroxyl groups excluding tert-OH is 2. The SMILES string of the molecule is C[C@@H](O)[C@H]1C(=O)N2C(C(=O)O)=C(SCCN)[C@H](CCO)[C@H]12. The Bertz CT molecular complexity index is 479. The third kappa shape index (κ3) is 2.57. The lowest BCUT2D eigenvalue weighted by molar-refractivity contribution is -0.163. The molecule has 1 amide bonds. The quantitative estimate of drug-likeness (QED) is 0.453. The fourth-order valence-corrected chi connectivity index (χ4v) is 4.29. The largest absolute Gasteiger partial charge is 0.477 e. The summed E-state index contributed by atoms with van der Waals surface area (Å²) in [5.74, 6) is -1.83. The molecule has 4 atom stereocenters. The smallest absolute Gasteiger partial charge is 0.353 e. The fourth-order valence-electron chi connectivity index (χ4n) is 3.16. The molecule has 0 radical (unpaired) electrons. The van der Waals surface area contributed by atoms with Crippen LogP contribution in [0.2, 0.25) is 0 Å². The second-order valence-corrected chi connectivity index (χ2v) is 6.38. The van der Waals surface area contributed by atoms with Gasteiger partial charge in [-0.3, -0.25) is 4.79 Å². The van der Waals surface area contributed by atoms with E-state index in [1.54, 1.807) is 0 Å². The molecule has 5 N–H and O–H groups in total. The van der Waals surface area contributed by atoms with Gasteiger partial charge < -0.3 is 26.0 Å². The molecule has 7 nitrogen and oxygen atoms in total. The number of aliphatic carboxylic acids is 1. The summed E-state index contributed by atoms with van der Waals surface area (Å²) < 4.78 is 0. The predicted octanol–water partition coefficient (Wildman–Crippen LogP) is -0.805. The van der Waals surface area contributed by atoms with E-state index in [2.05, 4.69) is 0 Å². The number of nitrogens with two attached hydrogens (primary N) is 1. The van der Waals surface area contributed by atoms with Crippen molar-refractivity contribution in [1.29, 1.82) is 0 Å². The molecule has 118 valence electrons. The van der Waals surface area contributed by atoms with Gasteiger partial charge in [0.15, 0.2) is 0 Å². The van der Waals surface area contributed by atoms with Crippen LogP contribution in [0.4, 0.5) is 0 Å². The number of aliphatic hydroxyl groups is 2. The maximum atomic E-state index is 12.1. The first kappa shape index (κ1) is 16.3. The Kier molecular flexibility index (Phi) is 4.92. The zero-order valence-electron chi connectivity index (χ0n) is 11.7. The third-order valence-corrected chi connectivity index (χ3v) is 5.20. The number of thioether (sulfide) groups is 1. The Hall–Kier alpha value is -1.09. The maximum Gasteiger partial charge on any atom is 0.353 e. The molecule has 2 aliphatic rings. The van der Waals surface area contributed by atoms with E-state index >= 15 is 0 Å². The molecule has 0 saturated carbocycles. The van der Waals surface area contributed by atoms with E-state index in [1.807, 2.05) is 0 Å². The van der Waals surface area contributed by atoms with Gasteiger partial charge in [-0.1, -0.05) is 0 Å². The minimum atomic E-state index is -1.16. The Morgan fingerprint density at radius 1 is 1.52 bits per heavy atom. The molecule has 2 heterocycles. The summed E-state index contributed by atoms with van der Waals surface area (Å²) >= 11 is 1.32. The van der Waals surface area contributed by atoms with Gasteiger partial charge in [0.2, 0.25) is 5.91 Å². The van der Waals surface area contributed by atoms with Crippen LogP contribution in [0.1, 0.15) is 13.3 Å². The zero-order chi connectivity index (χ0) is 15.7. The first-order valence-corrected chi connectivity index (χ1v) is 7.86. The lowest BCUT2D eigenvalue weighted by Gasteiger charge is -2.46. The number of rotatable bonds is 7. The van der Waals surface area contributed by atoms with Crippen LogP contribution < -0.4 is 5.73 Å². The Balaban J connectivity index is 2.38.